The van der Waals surface area contributed by atoms with Crippen molar-refractivity contribution < 1.29 is 4.79 Å². The minimum Gasteiger partial charge on any atom is -0.398 e. The third kappa shape index (κ3) is 2.38. The zero-order valence-electron chi connectivity index (χ0n) is 15.0. The van der Waals surface area contributed by atoms with E-state index in [1.807, 2.05) is 35.0 Å². The number of anilines is 1. The van der Waals surface area contributed by atoms with Crippen LogP contribution in [-0.2, 0) is 0 Å². The molecular weight excluding hydrogens is 340 g/mol. The zero-order valence-corrected chi connectivity index (χ0v) is 15.0. The van der Waals surface area contributed by atoms with Gasteiger partial charge in [-0.25, -0.2) is 9.67 Å². The molecule has 3 heterocycles. The minimum atomic E-state index is -0.138. The van der Waals surface area contributed by atoms with Crippen molar-refractivity contribution in [3.8, 4) is 11.3 Å². The minimum absolute atomic E-state index is 0.138. The first-order valence-electron chi connectivity index (χ1n) is 9.13. The number of nitrogens with two attached hydrogens (primary N) is 1. The predicted octanol–water partition coefficient (Wildman–Crippen LogP) is 3.25. The smallest absolute Gasteiger partial charge is 0.267 e. The summed E-state index contributed by atoms with van der Waals surface area (Å²) >= 11 is 0. The quantitative estimate of drug-likeness (QED) is 0.522. The highest BCUT2D eigenvalue weighted by Gasteiger charge is 2.25. The summed E-state index contributed by atoms with van der Waals surface area (Å²) in [5.74, 6) is -0.138. The summed E-state index contributed by atoms with van der Waals surface area (Å²) in [7, 11) is 1.62. The second-order valence-corrected chi connectivity index (χ2v) is 7.04. The number of hydrogen-bond acceptors (Lipinski definition) is 4. The van der Waals surface area contributed by atoms with E-state index in [1.54, 1.807) is 13.2 Å². The molecular formula is C20H20N6O. The van der Waals surface area contributed by atoms with Crippen LogP contribution in [0.4, 0.5) is 5.69 Å². The first kappa shape index (κ1) is 15.9. The van der Waals surface area contributed by atoms with Crippen molar-refractivity contribution >= 4 is 33.5 Å². The van der Waals surface area contributed by atoms with Gasteiger partial charge in [0.2, 0.25) is 0 Å². The molecule has 3 aromatic heterocycles. The number of carbonyl (C=O) groups is 1. The van der Waals surface area contributed by atoms with E-state index in [1.165, 1.54) is 6.42 Å². The molecule has 4 N–H and O–H groups in total. The number of pyridine rings is 1. The number of hydrogen-bond donors (Lipinski definition) is 3. The molecule has 0 unspecified atom stereocenters. The maximum atomic E-state index is 11.9. The SMILES string of the molecule is CNC(=O)c1cc2ccc(-c3nn(C4CCC4)c4nccc(N)c34)cc2[nH]1. The van der Waals surface area contributed by atoms with Crippen LogP contribution in [0.2, 0.25) is 0 Å². The van der Waals surface area contributed by atoms with Gasteiger partial charge in [0.15, 0.2) is 5.65 Å². The molecule has 1 fully saturated rings. The number of nitrogen functional groups attached to an aromatic ring is 1. The van der Waals surface area contributed by atoms with Crippen LogP contribution in [0.15, 0.2) is 36.5 Å². The molecule has 1 amide bonds. The van der Waals surface area contributed by atoms with Gasteiger partial charge in [-0.05, 0) is 37.5 Å². The van der Waals surface area contributed by atoms with Gasteiger partial charge in [-0.3, -0.25) is 4.79 Å². The maximum absolute atomic E-state index is 11.9. The second-order valence-electron chi connectivity index (χ2n) is 7.04. The number of benzene rings is 1. The molecule has 4 aromatic rings. The molecule has 0 radical (unpaired) electrons. The summed E-state index contributed by atoms with van der Waals surface area (Å²) < 4.78 is 2.03. The number of aromatic amines is 1. The van der Waals surface area contributed by atoms with Gasteiger partial charge in [-0.1, -0.05) is 12.1 Å². The molecule has 1 saturated carbocycles. The molecule has 0 atom stereocenters. The molecule has 0 bridgehead atoms. The summed E-state index contributed by atoms with van der Waals surface area (Å²) in [4.78, 5) is 19.6. The Labute approximate surface area is 155 Å². The summed E-state index contributed by atoms with van der Waals surface area (Å²) in [6.07, 6.45) is 5.21. The Morgan fingerprint density at radius 2 is 2.15 bits per heavy atom. The average molecular weight is 360 g/mol. The van der Waals surface area contributed by atoms with E-state index in [-0.39, 0.29) is 5.91 Å². The highest BCUT2D eigenvalue weighted by molar-refractivity contribution is 6.02. The van der Waals surface area contributed by atoms with Crippen LogP contribution >= 0.6 is 0 Å². The first-order valence-corrected chi connectivity index (χ1v) is 9.13. The van der Waals surface area contributed by atoms with Crippen molar-refractivity contribution in [2.24, 2.45) is 0 Å². The third-order valence-electron chi connectivity index (χ3n) is 5.41. The van der Waals surface area contributed by atoms with Gasteiger partial charge < -0.3 is 16.0 Å². The Kier molecular flexibility index (Phi) is 3.43. The molecule has 0 spiro atoms. The summed E-state index contributed by atoms with van der Waals surface area (Å²) in [5, 5.41) is 9.39. The molecule has 0 saturated heterocycles. The van der Waals surface area contributed by atoms with E-state index >= 15 is 0 Å². The first-order chi connectivity index (χ1) is 13.2. The number of carbonyl (C=O) groups excluding carboxylic acids is 1. The number of nitrogens with one attached hydrogen (secondary N) is 2. The van der Waals surface area contributed by atoms with Crippen LogP contribution < -0.4 is 11.1 Å². The lowest BCUT2D eigenvalue weighted by atomic mass is 9.93. The topological polar surface area (TPSA) is 102 Å². The van der Waals surface area contributed by atoms with Gasteiger partial charge in [0.05, 0.1) is 11.4 Å². The van der Waals surface area contributed by atoms with Crippen LogP contribution in [0.3, 0.4) is 0 Å². The van der Waals surface area contributed by atoms with E-state index in [9.17, 15) is 4.79 Å². The molecule has 7 heteroatoms. The van der Waals surface area contributed by atoms with Crippen LogP contribution in [-0.4, -0.2) is 32.7 Å². The lowest BCUT2D eigenvalue weighted by Crippen LogP contribution is -2.18. The van der Waals surface area contributed by atoms with Gasteiger partial charge in [0, 0.05) is 35.4 Å². The van der Waals surface area contributed by atoms with Gasteiger partial charge in [0.25, 0.3) is 5.91 Å². The molecule has 136 valence electrons. The van der Waals surface area contributed by atoms with Crippen molar-refractivity contribution in [2.45, 2.75) is 25.3 Å². The van der Waals surface area contributed by atoms with Crippen molar-refractivity contribution in [2.75, 3.05) is 12.8 Å². The molecule has 5 rings (SSSR count). The third-order valence-corrected chi connectivity index (χ3v) is 5.41. The Hall–Kier alpha value is -3.35. The Morgan fingerprint density at radius 1 is 1.30 bits per heavy atom. The normalized spacial score (nSPS) is 14.6. The van der Waals surface area contributed by atoms with Crippen LogP contribution in [0.1, 0.15) is 35.8 Å². The molecule has 1 aromatic carbocycles. The van der Waals surface area contributed by atoms with Gasteiger partial charge in [-0.2, -0.15) is 5.10 Å². The van der Waals surface area contributed by atoms with Crippen molar-refractivity contribution in [1.82, 2.24) is 25.1 Å². The highest BCUT2D eigenvalue weighted by atomic mass is 16.1. The van der Waals surface area contributed by atoms with Gasteiger partial charge in [0.1, 0.15) is 11.4 Å². The van der Waals surface area contributed by atoms with Crippen molar-refractivity contribution in [3.05, 3.63) is 42.2 Å². The van der Waals surface area contributed by atoms with E-state index in [4.69, 9.17) is 10.8 Å². The van der Waals surface area contributed by atoms with Gasteiger partial charge >= 0.3 is 0 Å². The van der Waals surface area contributed by atoms with Crippen molar-refractivity contribution in [1.29, 1.82) is 0 Å². The fourth-order valence-corrected chi connectivity index (χ4v) is 3.71. The molecule has 27 heavy (non-hydrogen) atoms. The monoisotopic (exact) mass is 360 g/mol. The molecule has 7 nitrogen and oxygen atoms in total. The maximum Gasteiger partial charge on any atom is 0.267 e. The summed E-state index contributed by atoms with van der Waals surface area (Å²) in [6.45, 7) is 0. The molecule has 0 aliphatic heterocycles. The predicted molar refractivity (Wildman–Crippen MR) is 106 cm³/mol. The molecule has 1 aliphatic rings. The second kappa shape index (κ2) is 5.84. The number of H-pyrrole nitrogens is 1. The Balaban J connectivity index is 1.69. The van der Waals surface area contributed by atoms with Crippen LogP contribution in [0, 0.1) is 0 Å². The van der Waals surface area contributed by atoms with E-state index in [2.05, 4.69) is 15.3 Å². The standard InChI is InChI=1S/C20H20N6O/c1-22-20(27)16-9-11-5-6-12(10-15(11)24-16)18-17-14(21)7-8-23-19(17)26(25-18)13-3-2-4-13/h5-10,13,24H,2-4H2,1H3,(H2,21,23)(H,22,27). The average Bonchev–Trinajstić information content (AvgIpc) is 3.22. The fraction of sp³-hybridized carbons (Fsp3) is 0.250. The van der Waals surface area contributed by atoms with E-state index < -0.39 is 0 Å². The Morgan fingerprint density at radius 3 is 2.89 bits per heavy atom. The zero-order chi connectivity index (χ0) is 18.5. The highest BCUT2D eigenvalue weighted by Crippen LogP contribution is 2.38. The summed E-state index contributed by atoms with van der Waals surface area (Å²) in [5.41, 5.74) is 11.0. The van der Waals surface area contributed by atoms with Gasteiger partial charge in [-0.15, -0.1) is 0 Å². The Bertz CT molecular complexity index is 1180. The number of nitrogens with zero attached hydrogens (tertiary/aromatic N) is 3. The number of fused-ring (bicyclic) bond motifs is 2. The number of rotatable bonds is 3. The summed E-state index contributed by atoms with van der Waals surface area (Å²) in [6, 6.07) is 10.1. The lowest BCUT2D eigenvalue weighted by Gasteiger charge is -2.25. The van der Waals surface area contributed by atoms with Crippen molar-refractivity contribution in [3.63, 3.8) is 0 Å². The lowest BCUT2D eigenvalue weighted by molar-refractivity contribution is 0.0959. The van der Waals surface area contributed by atoms with Crippen LogP contribution in [0.5, 0.6) is 0 Å². The number of amides is 1. The fourth-order valence-electron chi connectivity index (χ4n) is 3.71. The number of aromatic nitrogens is 4. The van der Waals surface area contributed by atoms with E-state index in [0.717, 1.165) is 46.0 Å². The molecule has 1 aliphatic carbocycles. The van der Waals surface area contributed by atoms with Crippen LogP contribution in [0.25, 0.3) is 33.2 Å². The van der Waals surface area contributed by atoms with E-state index in [0.29, 0.717) is 17.4 Å². The largest absolute Gasteiger partial charge is 0.398 e.